The first-order valence-corrected chi connectivity index (χ1v) is 5.74. The quantitative estimate of drug-likeness (QED) is 0.796. The third-order valence-corrected chi connectivity index (χ3v) is 2.51. The summed E-state index contributed by atoms with van der Waals surface area (Å²) in [6, 6.07) is 4.98. The molecule has 5 heteroatoms. The van der Waals surface area contributed by atoms with Crippen molar-refractivity contribution < 1.29 is 9.53 Å². The number of nitrogen functional groups attached to an aromatic ring is 1. The molecule has 0 radical (unpaired) electrons. The van der Waals surface area contributed by atoms with Crippen molar-refractivity contribution in [1.82, 2.24) is 0 Å². The number of carbonyl (C=O) groups is 1. The molecular weight excluding hydrogens is 240 g/mol. The molecule has 0 spiro atoms. The van der Waals surface area contributed by atoms with Crippen molar-refractivity contribution in [3.63, 3.8) is 0 Å². The molecule has 0 bridgehead atoms. The number of anilines is 2. The van der Waals surface area contributed by atoms with E-state index in [2.05, 4.69) is 5.32 Å². The van der Waals surface area contributed by atoms with Crippen LogP contribution in [0.25, 0.3) is 0 Å². The summed E-state index contributed by atoms with van der Waals surface area (Å²) in [5, 5.41) is 3.28. The van der Waals surface area contributed by atoms with Crippen molar-refractivity contribution in [2.45, 2.75) is 13.3 Å². The number of methoxy groups -OCH3 is 1. The van der Waals surface area contributed by atoms with Crippen molar-refractivity contribution in [3.8, 4) is 0 Å². The minimum absolute atomic E-state index is 0.0940. The maximum Gasteiger partial charge on any atom is 0.224 e. The Hall–Kier alpha value is -1.26. The number of ether oxygens (including phenoxy) is 1. The smallest absolute Gasteiger partial charge is 0.224 e. The zero-order valence-electron chi connectivity index (χ0n) is 10.00. The predicted molar refractivity (Wildman–Crippen MR) is 70.2 cm³/mol. The third kappa shape index (κ3) is 4.63. The van der Waals surface area contributed by atoms with E-state index in [1.165, 1.54) is 0 Å². The molecule has 1 amide bonds. The Morgan fingerprint density at radius 1 is 1.59 bits per heavy atom. The second-order valence-electron chi connectivity index (χ2n) is 4.04. The van der Waals surface area contributed by atoms with E-state index < -0.39 is 0 Å². The van der Waals surface area contributed by atoms with Crippen molar-refractivity contribution in [3.05, 3.63) is 23.2 Å². The van der Waals surface area contributed by atoms with E-state index in [-0.39, 0.29) is 11.8 Å². The van der Waals surface area contributed by atoms with Crippen LogP contribution in [0.1, 0.15) is 13.3 Å². The van der Waals surface area contributed by atoms with Gasteiger partial charge in [-0.25, -0.2) is 0 Å². The number of benzene rings is 1. The van der Waals surface area contributed by atoms with Gasteiger partial charge in [-0.3, -0.25) is 4.79 Å². The largest absolute Gasteiger partial charge is 0.397 e. The van der Waals surface area contributed by atoms with Crippen LogP contribution in [0.4, 0.5) is 11.4 Å². The molecule has 1 aromatic rings. The monoisotopic (exact) mass is 256 g/mol. The number of hydrogen-bond acceptors (Lipinski definition) is 3. The molecule has 3 N–H and O–H groups in total. The topological polar surface area (TPSA) is 64.3 Å². The van der Waals surface area contributed by atoms with Crippen molar-refractivity contribution in [1.29, 1.82) is 0 Å². The van der Waals surface area contributed by atoms with Crippen LogP contribution in [0.3, 0.4) is 0 Å². The van der Waals surface area contributed by atoms with E-state index in [0.717, 1.165) is 0 Å². The molecule has 4 nitrogen and oxygen atoms in total. The van der Waals surface area contributed by atoms with Crippen molar-refractivity contribution >= 4 is 28.9 Å². The molecule has 17 heavy (non-hydrogen) atoms. The van der Waals surface area contributed by atoms with Gasteiger partial charge in [-0.15, -0.1) is 0 Å². The minimum atomic E-state index is -0.0940. The molecule has 94 valence electrons. The number of halogens is 1. The summed E-state index contributed by atoms with van der Waals surface area (Å²) in [5.41, 5.74) is 6.78. The maximum absolute atomic E-state index is 11.7. The molecule has 0 fully saturated rings. The number of nitrogens with one attached hydrogen (secondary N) is 1. The van der Waals surface area contributed by atoms with Crippen LogP contribution in [-0.2, 0) is 9.53 Å². The van der Waals surface area contributed by atoms with Crippen LogP contribution in [0.15, 0.2) is 18.2 Å². The van der Waals surface area contributed by atoms with Crippen molar-refractivity contribution in [2.24, 2.45) is 5.92 Å². The molecular formula is C12H17ClN2O2. The molecule has 0 aliphatic heterocycles. The van der Waals surface area contributed by atoms with Gasteiger partial charge in [0.2, 0.25) is 5.91 Å². The third-order valence-electron chi connectivity index (χ3n) is 2.27. The zero-order valence-corrected chi connectivity index (χ0v) is 10.8. The molecule has 0 saturated carbocycles. The van der Waals surface area contributed by atoms with Crippen LogP contribution in [0.2, 0.25) is 5.02 Å². The Balaban J connectivity index is 2.58. The van der Waals surface area contributed by atoms with Crippen molar-refractivity contribution in [2.75, 3.05) is 24.8 Å². The fourth-order valence-electron chi connectivity index (χ4n) is 1.50. The highest BCUT2D eigenvalue weighted by molar-refractivity contribution is 6.31. The van der Waals surface area contributed by atoms with E-state index in [1.54, 1.807) is 25.3 Å². The van der Waals surface area contributed by atoms with E-state index >= 15 is 0 Å². The zero-order chi connectivity index (χ0) is 12.8. The Morgan fingerprint density at radius 2 is 2.29 bits per heavy atom. The summed E-state index contributed by atoms with van der Waals surface area (Å²) in [6.45, 7) is 2.50. The van der Waals surface area contributed by atoms with Crippen LogP contribution in [-0.4, -0.2) is 19.6 Å². The summed E-state index contributed by atoms with van der Waals surface area (Å²) in [6.07, 6.45) is 0.389. The summed E-state index contributed by atoms with van der Waals surface area (Å²) < 4.78 is 4.97. The van der Waals surface area contributed by atoms with E-state index in [4.69, 9.17) is 22.1 Å². The maximum atomic E-state index is 11.7. The fourth-order valence-corrected chi connectivity index (χ4v) is 1.67. The fraction of sp³-hybridized carbons (Fsp3) is 0.417. The lowest BCUT2D eigenvalue weighted by molar-refractivity contribution is -0.117. The molecule has 1 atom stereocenters. The van der Waals surface area contributed by atoms with Gasteiger partial charge < -0.3 is 15.8 Å². The number of amides is 1. The number of hydrogen-bond donors (Lipinski definition) is 2. The van der Waals surface area contributed by atoms with Gasteiger partial charge in [0.15, 0.2) is 0 Å². The lowest BCUT2D eigenvalue weighted by Crippen LogP contribution is -2.18. The summed E-state index contributed by atoms with van der Waals surface area (Å²) >= 11 is 5.83. The first-order valence-electron chi connectivity index (χ1n) is 5.36. The first kappa shape index (κ1) is 13.8. The van der Waals surface area contributed by atoms with E-state index in [1.807, 2.05) is 6.92 Å². The average Bonchev–Trinajstić information content (AvgIpc) is 2.23. The Labute approximate surface area is 106 Å². The van der Waals surface area contributed by atoms with Gasteiger partial charge in [-0.05, 0) is 24.1 Å². The number of rotatable bonds is 5. The van der Waals surface area contributed by atoms with Crippen LogP contribution >= 0.6 is 11.6 Å². The molecule has 0 aromatic heterocycles. The Morgan fingerprint density at radius 3 is 2.94 bits per heavy atom. The lowest BCUT2D eigenvalue weighted by Gasteiger charge is -2.12. The predicted octanol–water partition coefficient (Wildman–Crippen LogP) is 2.53. The van der Waals surface area contributed by atoms with Gasteiger partial charge in [0.25, 0.3) is 0 Å². The molecule has 0 saturated heterocycles. The summed E-state index contributed by atoms with van der Waals surface area (Å²) in [5.74, 6) is 0.0731. The molecule has 1 unspecified atom stereocenters. The molecule has 1 rings (SSSR count). The van der Waals surface area contributed by atoms with Gasteiger partial charge >= 0.3 is 0 Å². The van der Waals surface area contributed by atoms with Gasteiger partial charge in [0.1, 0.15) is 0 Å². The van der Waals surface area contributed by atoms with Crippen LogP contribution in [0.5, 0.6) is 0 Å². The van der Waals surface area contributed by atoms with Gasteiger partial charge in [0, 0.05) is 25.2 Å². The SMILES string of the molecule is COCC(C)CC(=O)Nc1cc(Cl)ccc1N. The second-order valence-corrected chi connectivity index (χ2v) is 4.48. The highest BCUT2D eigenvalue weighted by Gasteiger charge is 2.10. The number of carbonyl (C=O) groups excluding carboxylic acids is 1. The average molecular weight is 257 g/mol. The highest BCUT2D eigenvalue weighted by Crippen LogP contribution is 2.23. The van der Waals surface area contributed by atoms with Gasteiger partial charge in [0.05, 0.1) is 11.4 Å². The Bertz CT molecular complexity index is 396. The number of nitrogens with two attached hydrogens (primary N) is 1. The summed E-state index contributed by atoms with van der Waals surface area (Å²) in [7, 11) is 1.61. The van der Waals surface area contributed by atoms with Gasteiger partial charge in [-0.1, -0.05) is 18.5 Å². The van der Waals surface area contributed by atoms with Crippen LogP contribution in [0, 0.1) is 5.92 Å². The Kier molecular flexibility index (Phi) is 5.25. The molecule has 1 aromatic carbocycles. The molecule has 0 heterocycles. The second kappa shape index (κ2) is 6.47. The normalized spacial score (nSPS) is 12.2. The van der Waals surface area contributed by atoms with Gasteiger partial charge in [-0.2, -0.15) is 0 Å². The lowest BCUT2D eigenvalue weighted by atomic mass is 10.1. The molecule has 0 aliphatic rings. The van der Waals surface area contributed by atoms with E-state index in [9.17, 15) is 4.79 Å². The standard InChI is InChI=1S/C12H17ClN2O2/c1-8(7-17-2)5-12(16)15-11-6-9(13)3-4-10(11)14/h3-4,6,8H,5,7,14H2,1-2H3,(H,15,16). The highest BCUT2D eigenvalue weighted by atomic mass is 35.5. The minimum Gasteiger partial charge on any atom is -0.397 e. The van der Waals surface area contributed by atoms with Crippen LogP contribution < -0.4 is 11.1 Å². The molecule has 0 aliphatic carbocycles. The summed E-state index contributed by atoms with van der Waals surface area (Å²) in [4.78, 5) is 11.7. The first-order chi connectivity index (χ1) is 8.02. The van der Waals surface area contributed by atoms with E-state index in [0.29, 0.717) is 29.4 Å².